The predicted molar refractivity (Wildman–Crippen MR) is 78.7 cm³/mol. The quantitative estimate of drug-likeness (QED) is 0.540. The molecule has 102 valence electrons. The normalized spacial score (nSPS) is 10.9. The monoisotopic (exact) mass is 296 g/mol. The van der Waals surface area contributed by atoms with Crippen LogP contribution in [0.5, 0.6) is 0 Å². The first-order chi connectivity index (χ1) is 10.3. The highest BCUT2D eigenvalue weighted by Crippen LogP contribution is 2.19. The first-order valence-corrected chi connectivity index (χ1v) is 6.48. The molecular formula is C14H9ClN6. The Morgan fingerprint density at radius 3 is 2.14 bits per heavy atom. The first kappa shape index (κ1) is 13.3. The average Bonchev–Trinajstić information content (AvgIpc) is 2.54. The molecule has 3 aromatic rings. The summed E-state index contributed by atoms with van der Waals surface area (Å²) in [6.07, 6.45) is 3.13. The molecule has 21 heavy (non-hydrogen) atoms. The second kappa shape index (κ2) is 6.15. The van der Waals surface area contributed by atoms with E-state index in [1.54, 1.807) is 12.3 Å². The Morgan fingerprint density at radius 1 is 0.762 bits per heavy atom. The van der Waals surface area contributed by atoms with Crippen LogP contribution in [0.3, 0.4) is 0 Å². The lowest BCUT2D eigenvalue weighted by molar-refractivity contribution is 1.02. The number of aromatic nitrogens is 4. The number of hydrogen-bond acceptors (Lipinski definition) is 6. The molecule has 3 rings (SSSR count). The van der Waals surface area contributed by atoms with Gasteiger partial charge in [-0.15, -0.1) is 10.2 Å². The van der Waals surface area contributed by atoms with Crippen molar-refractivity contribution in [2.24, 2.45) is 10.2 Å². The number of hydrogen-bond donors (Lipinski definition) is 0. The zero-order valence-electron chi connectivity index (χ0n) is 10.8. The van der Waals surface area contributed by atoms with Crippen LogP contribution in [0.25, 0.3) is 11.3 Å². The van der Waals surface area contributed by atoms with E-state index in [1.807, 2.05) is 36.4 Å². The van der Waals surface area contributed by atoms with E-state index in [1.165, 1.54) is 6.20 Å². The Bertz CT molecular complexity index is 775. The fourth-order valence-corrected chi connectivity index (χ4v) is 1.76. The summed E-state index contributed by atoms with van der Waals surface area (Å²) in [6, 6.07) is 13.1. The molecule has 2 heterocycles. The molecule has 1 aromatic carbocycles. The van der Waals surface area contributed by atoms with Crippen molar-refractivity contribution in [1.29, 1.82) is 0 Å². The van der Waals surface area contributed by atoms with E-state index in [0.717, 1.165) is 11.3 Å². The highest BCUT2D eigenvalue weighted by Gasteiger charge is 2.01. The van der Waals surface area contributed by atoms with Crippen LogP contribution in [0.1, 0.15) is 0 Å². The fraction of sp³-hybridized carbons (Fsp3) is 0. The van der Waals surface area contributed by atoms with Gasteiger partial charge in [-0.1, -0.05) is 41.9 Å². The van der Waals surface area contributed by atoms with Crippen molar-refractivity contribution < 1.29 is 0 Å². The van der Waals surface area contributed by atoms with Gasteiger partial charge in [0.05, 0.1) is 5.69 Å². The van der Waals surface area contributed by atoms with Gasteiger partial charge in [0, 0.05) is 18.0 Å². The summed E-state index contributed by atoms with van der Waals surface area (Å²) in [7, 11) is 0. The molecule has 0 aliphatic heterocycles. The number of nitrogens with zero attached hydrogens (tertiary/aromatic N) is 6. The Labute approximate surface area is 125 Å². The van der Waals surface area contributed by atoms with E-state index in [9.17, 15) is 0 Å². The van der Waals surface area contributed by atoms with Crippen LogP contribution in [0.2, 0.25) is 5.15 Å². The average molecular weight is 297 g/mol. The molecule has 0 radical (unpaired) electrons. The zero-order chi connectivity index (χ0) is 14.5. The van der Waals surface area contributed by atoms with E-state index in [4.69, 9.17) is 11.6 Å². The van der Waals surface area contributed by atoms with Crippen molar-refractivity contribution in [3.8, 4) is 11.3 Å². The lowest BCUT2D eigenvalue weighted by Gasteiger charge is -1.99. The molecule has 0 fully saturated rings. The third kappa shape index (κ3) is 3.43. The zero-order valence-corrected chi connectivity index (χ0v) is 11.5. The molecule has 6 nitrogen and oxygen atoms in total. The summed E-state index contributed by atoms with van der Waals surface area (Å²) in [5.74, 6) is 0.399. The number of benzene rings is 1. The summed E-state index contributed by atoms with van der Waals surface area (Å²) in [5.41, 5.74) is 1.75. The van der Waals surface area contributed by atoms with E-state index in [-0.39, 0.29) is 11.9 Å². The third-order valence-electron chi connectivity index (χ3n) is 2.55. The molecule has 2 aromatic heterocycles. The summed E-state index contributed by atoms with van der Waals surface area (Å²) >= 11 is 5.75. The van der Waals surface area contributed by atoms with E-state index < -0.39 is 0 Å². The maximum atomic E-state index is 5.75. The maximum absolute atomic E-state index is 5.75. The number of halogens is 1. The summed E-state index contributed by atoms with van der Waals surface area (Å²) in [5, 5.41) is 8.09. The van der Waals surface area contributed by atoms with Gasteiger partial charge >= 0.3 is 0 Å². The molecule has 0 aliphatic carbocycles. The van der Waals surface area contributed by atoms with Crippen LogP contribution in [0.15, 0.2) is 65.1 Å². The molecule has 0 bridgehead atoms. The van der Waals surface area contributed by atoms with E-state index in [2.05, 4.69) is 30.2 Å². The predicted octanol–water partition coefficient (Wildman–Crippen LogP) is 4.00. The Hall–Kier alpha value is -2.73. The van der Waals surface area contributed by atoms with Crippen molar-refractivity contribution >= 4 is 23.5 Å². The molecule has 0 spiro atoms. The van der Waals surface area contributed by atoms with Crippen molar-refractivity contribution in [2.45, 2.75) is 0 Å². The van der Waals surface area contributed by atoms with Gasteiger partial charge in [-0.2, -0.15) is 4.98 Å². The minimum absolute atomic E-state index is 0.163. The minimum Gasteiger partial charge on any atom is -0.218 e. The first-order valence-electron chi connectivity index (χ1n) is 6.10. The van der Waals surface area contributed by atoms with Gasteiger partial charge in [0.1, 0.15) is 5.15 Å². The number of rotatable bonds is 3. The molecule has 0 aliphatic rings. The Kier molecular flexibility index (Phi) is 3.88. The van der Waals surface area contributed by atoms with Gasteiger partial charge < -0.3 is 0 Å². The summed E-state index contributed by atoms with van der Waals surface area (Å²) < 4.78 is 0. The van der Waals surface area contributed by atoms with Crippen LogP contribution in [0, 0.1) is 0 Å². The summed E-state index contributed by atoms with van der Waals surface area (Å²) in [6.45, 7) is 0. The molecule has 0 N–H and O–H groups in total. The largest absolute Gasteiger partial charge is 0.270 e. The highest BCUT2D eigenvalue weighted by molar-refractivity contribution is 6.29. The van der Waals surface area contributed by atoms with Gasteiger partial charge in [0.15, 0.2) is 0 Å². The second-order valence-electron chi connectivity index (χ2n) is 3.99. The van der Waals surface area contributed by atoms with E-state index >= 15 is 0 Å². The number of azo groups is 1. The second-order valence-corrected chi connectivity index (χ2v) is 4.37. The van der Waals surface area contributed by atoms with Crippen molar-refractivity contribution in [2.75, 3.05) is 0 Å². The summed E-state index contributed by atoms with van der Waals surface area (Å²) in [4.78, 5) is 16.2. The fourth-order valence-electron chi connectivity index (χ4n) is 1.63. The third-order valence-corrected chi connectivity index (χ3v) is 2.76. The van der Waals surface area contributed by atoms with Crippen molar-refractivity contribution in [3.05, 3.63) is 60.0 Å². The van der Waals surface area contributed by atoms with Crippen molar-refractivity contribution in [3.63, 3.8) is 0 Å². The topological polar surface area (TPSA) is 76.3 Å². The highest BCUT2D eigenvalue weighted by atomic mass is 35.5. The standard InChI is InChI=1S/C14H9ClN6/c15-12-7-9-17-14(19-12)21-20-13-16-8-6-11(18-13)10-4-2-1-3-5-10/h1-9H. The molecule has 7 heteroatoms. The molecule has 0 atom stereocenters. The van der Waals surface area contributed by atoms with Crippen LogP contribution >= 0.6 is 11.6 Å². The molecule has 0 saturated heterocycles. The van der Waals surface area contributed by atoms with Crippen molar-refractivity contribution in [1.82, 2.24) is 19.9 Å². The van der Waals surface area contributed by atoms with Gasteiger partial charge in [0.25, 0.3) is 11.9 Å². The maximum Gasteiger partial charge on any atom is 0.270 e. The van der Waals surface area contributed by atoms with Crippen LogP contribution < -0.4 is 0 Å². The van der Waals surface area contributed by atoms with Gasteiger partial charge in [-0.05, 0) is 12.1 Å². The smallest absolute Gasteiger partial charge is 0.218 e. The molecule has 0 amide bonds. The van der Waals surface area contributed by atoms with E-state index in [0.29, 0.717) is 5.15 Å². The van der Waals surface area contributed by atoms with Gasteiger partial charge in [0.2, 0.25) is 0 Å². The molecular weight excluding hydrogens is 288 g/mol. The molecule has 0 saturated carbocycles. The Morgan fingerprint density at radius 2 is 1.43 bits per heavy atom. The van der Waals surface area contributed by atoms with Crippen LogP contribution in [-0.2, 0) is 0 Å². The van der Waals surface area contributed by atoms with Crippen LogP contribution in [-0.4, -0.2) is 19.9 Å². The molecule has 0 unspecified atom stereocenters. The lowest BCUT2D eigenvalue weighted by atomic mass is 10.1. The van der Waals surface area contributed by atoms with Crippen LogP contribution in [0.4, 0.5) is 11.9 Å². The Balaban J connectivity index is 1.87. The van der Waals surface area contributed by atoms with Gasteiger partial charge in [-0.3, -0.25) is 0 Å². The SMILES string of the molecule is Clc1ccnc(N=Nc2nccc(-c3ccccc3)n2)n1. The lowest BCUT2D eigenvalue weighted by Crippen LogP contribution is -1.85. The minimum atomic E-state index is 0.163. The van der Waals surface area contributed by atoms with Gasteiger partial charge in [-0.25, -0.2) is 15.0 Å².